The van der Waals surface area contributed by atoms with Crippen LogP contribution in [0.4, 0.5) is 0 Å². The summed E-state index contributed by atoms with van der Waals surface area (Å²) < 4.78 is 16.3. The molecule has 0 radical (unpaired) electrons. The first-order valence-electron chi connectivity index (χ1n) is 9.56. The van der Waals surface area contributed by atoms with E-state index in [2.05, 4.69) is 10.1 Å². The summed E-state index contributed by atoms with van der Waals surface area (Å²) >= 11 is 0. The Morgan fingerprint density at radius 2 is 1.79 bits per heavy atom. The van der Waals surface area contributed by atoms with E-state index in [0.29, 0.717) is 30.5 Å². The molecule has 0 saturated heterocycles. The van der Waals surface area contributed by atoms with E-state index in [9.17, 15) is 4.79 Å². The first kappa shape index (κ1) is 20.4. The Hall–Kier alpha value is -3.35. The zero-order valence-electron chi connectivity index (χ0n) is 17.1. The molecule has 152 valence electrons. The van der Waals surface area contributed by atoms with Gasteiger partial charge in [-0.25, -0.2) is 0 Å². The fourth-order valence-corrected chi connectivity index (χ4v) is 2.90. The summed E-state index contributed by atoms with van der Waals surface area (Å²) in [5, 5.41) is 4.01. The second-order valence-corrected chi connectivity index (χ2v) is 6.54. The highest BCUT2D eigenvalue weighted by atomic mass is 16.5. The average Bonchev–Trinajstić information content (AvgIpc) is 3.18. The van der Waals surface area contributed by atoms with E-state index in [1.807, 2.05) is 57.2 Å². The van der Waals surface area contributed by atoms with Crippen molar-refractivity contribution >= 4 is 5.91 Å². The second-order valence-electron chi connectivity index (χ2n) is 6.54. The van der Waals surface area contributed by atoms with Crippen molar-refractivity contribution in [3.05, 3.63) is 59.5 Å². The van der Waals surface area contributed by atoms with Gasteiger partial charge < -0.3 is 18.9 Å². The number of aryl methyl sites for hydroxylation is 1. The van der Waals surface area contributed by atoms with Crippen molar-refractivity contribution in [2.24, 2.45) is 0 Å². The molecule has 3 aromatic rings. The van der Waals surface area contributed by atoms with Gasteiger partial charge in [-0.2, -0.15) is 4.98 Å². The standard InChI is InChI=1S/C22H25N3O4/c1-5-27-18-10-7-16(8-11-18)21-23-20(29-24-21)14-25(4)22(26)17-9-12-19(28-6-2)15(3)13-17/h7-13H,5-6,14H2,1-4H3. The van der Waals surface area contributed by atoms with Crippen molar-refractivity contribution in [1.29, 1.82) is 0 Å². The lowest BCUT2D eigenvalue weighted by Crippen LogP contribution is -2.26. The Morgan fingerprint density at radius 1 is 1.07 bits per heavy atom. The molecular weight excluding hydrogens is 370 g/mol. The summed E-state index contributed by atoms with van der Waals surface area (Å²) in [7, 11) is 1.70. The molecular formula is C22H25N3O4. The normalized spacial score (nSPS) is 10.6. The smallest absolute Gasteiger partial charge is 0.254 e. The van der Waals surface area contributed by atoms with Crippen molar-refractivity contribution in [2.75, 3.05) is 20.3 Å². The molecule has 7 nitrogen and oxygen atoms in total. The number of aromatic nitrogens is 2. The van der Waals surface area contributed by atoms with Gasteiger partial charge in [0.25, 0.3) is 5.91 Å². The third kappa shape index (κ3) is 4.93. The molecule has 3 rings (SSSR count). The van der Waals surface area contributed by atoms with Crippen molar-refractivity contribution < 1.29 is 18.8 Å². The lowest BCUT2D eigenvalue weighted by Gasteiger charge is -2.16. The summed E-state index contributed by atoms with van der Waals surface area (Å²) in [6.45, 7) is 7.20. The van der Waals surface area contributed by atoms with Gasteiger partial charge in [0, 0.05) is 18.2 Å². The van der Waals surface area contributed by atoms with Crippen LogP contribution in [0.3, 0.4) is 0 Å². The molecule has 0 aliphatic carbocycles. The maximum atomic E-state index is 12.7. The van der Waals surface area contributed by atoms with Crippen LogP contribution in [0.25, 0.3) is 11.4 Å². The summed E-state index contributed by atoms with van der Waals surface area (Å²) in [6.07, 6.45) is 0. The molecule has 1 heterocycles. The molecule has 0 saturated carbocycles. The highest BCUT2D eigenvalue weighted by Gasteiger charge is 2.17. The zero-order valence-corrected chi connectivity index (χ0v) is 17.1. The Morgan fingerprint density at radius 3 is 2.45 bits per heavy atom. The van der Waals surface area contributed by atoms with Crippen LogP contribution in [-0.2, 0) is 6.54 Å². The van der Waals surface area contributed by atoms with Gasteiger partial charge in [0.2, 0.25) is 11.7 Å². The molecule has 7 heteroatoms. The molecule has 1 aromatic heterocycles. The lowest BCUT2D eigenvalue weighted by atomic mass is 10.1. The first-order chi connectivity index (χ1) is 14.0. The van der Waals surface area contributed by atoms with Crippen LogP contribution in [0.5, 0.6) is 11.5 Å². The summed E-state index contributed by atoms with van der Waals surface area (Å²) in [5.74, 6) is 2.28. The van der Waals surface area contributed by atoms with Gasteiger partial charge >= 0.3 is 0 Å². The van der Waals surface area contributed by atoms with E-state index in [-0.39, 0.29) is 12.5 Å². The summed E-state index contributed by atoms with van der Waals surface area (Å²) in [6, 6.07) is 12.9. The SMILES string of the molecule is CCOc1ccc(-c2noc(CN(C)C(=O)c3ccc(OCC)c(C)c3)n2)cc1. The molecule has 2 aromatic carbocycles. The Labute approximate surface area is 170 Å². The van der Waals surface area contributed by atoms with Gasteiger partial charge in [0.15, 0.2) is 0 Å². The van der Waals surface area contributed by atoms with Crippen LogP contribution in [0.2, 0.25) is 0 Å². The monoisotopic (exact) mass is 395 g/mol. The predicted molar refractivity (Wildman–Crippen MR) is 109 cm³/mol. The minimum absolute atomic E-state index is 0.128. The van der Waals surface area contributed by atoms with Crippen molar-refractivity contribution in [2.45, 2.75) is 27.3 Å². The number of nitrogens with zero attached hydrogens (tertiary/aromatic N) is 3. The minimum atomic E-state index is -0.128. The van der Waals surface area contributed by atoms with Crippen LogP contribution in [0, 0.1) is 6.92 Å². The topological polar surface area (TPSA) is 77.7 Å². The van der Waals surface area contributed by atoms with Gasteiger partial charge in [0.1, 0.15) is 11.5 Å². The molecule has 0 unspecified atom stereocenters. The molecule has 29 heavy (non-hydrogen) atoms. The van der Waals surface area contributed by atoms with Crippen molar-refractivity contribution in [3.63, 3.8) is 0 Å². The zero-order chi connectivity index (χ0) is 20.8. The van der Waals surface area contributed by atoms with E-state index >= 15 is 0 Å². The van der Waals surface area contributed by atoms with E-state index in [1.165, 1.54) is 0 Å². The van der Waals surface area contributed by atoms with Crippen LogP contribution in [0.1, 0.15) is 35.7 Å². The molecule has 0 spiro atoms. The van der Waals surface area contributed by atoms with Crippen LogP contribution < -0.4 is 9.47 Å². The molecule has 1 amide bonds. The molecule has 0 atom stereocenters. The first-order valence-corrected chi connectivity index (χ1v) is 9.56. The summed E-state index contributed by atoms with van der Waals surface area (Å²) in [5.41, 5.74) is 2.32. The fourth-order valence-electron chi connectivity index (χ4n) is 2.90. The number of ether oxygens (including phenoxy) is 2. The fraction of sp³-hybridized carbons (Fsp3) is 0.318. The third-order valence-corrected chi connectivity index (χ3v) is 4.33. The third-order valence-electron chi connectivity index (χ3n) is 4.33. The maximum Gasteiger partial charge on any atom is 0.254 e. The predicted octanol–water partition coefficient (Wildman–Crippen LogP) is 4.11. The number of carbonyl (C=O) groups excluding carboxylic acids is 1. The Bertz CT molecular complexity index is 966. The van der Waals surface area contributed by atoms with Gasteiger partial charge in [-0.1, -0.05) is 5.16 Å². The molecule has 0 aliphatic heterocycles. The second kappa shape index (κ2) is 9.23. The number of carbonyl (C=O) groups is 1. The molecule has 0 N–H and O–H groups in total. The molecule has 0 aliphatic rings. The van der Waals surface area contributed by atoms with E-state index in [4.69, 9.17) is 14.0 Å². The quantitative estimate of drug-likeness (QED) is 0.571. The highest BCUT2D eigenvalue weighted by molar-refractivity contribution is 5.94. The Kier molecular flexibility index (Phi) is 6.49. The number of amides is 1. The van der Waals surface area contributed by atoms with E-state index < -0.39 is 0 Å². The van der Waals surface area contributed by atoms with Crippen LogP contribution >= 0.6 is 0 Å². The van der Waals surface area contributed by atoms with Crippen LogP contribution in [0.15, 0.2) is 47.0 Å². The minimum Gasteiger partial charge on any atom is -0.494 e. The molecule has 0 fully saturated rings. The number of hydrogen-bond acceptors (Lipinski definition) is 6. The van der Waals surface area contributed by atoms with Gasteiger partial charge in [-0.05, 0) is 68.8 Å². The number of benzene rings is 2. The van der Waals surface area contributed by atoms with Crippen LogP contribution in [-0.4, -0.2) is 41.2 Å². The summed E-state index contributed by atoms with van der Waals surface area (Å²) in [4.78, 5) is 18.7. The Balaban J connectivity index is 1.67. The van der Waals surface area contributed by atoms with Gasteiger partial charge in [-0.15, -0.1) is 0 Å². The van der Waals surface area contributed by atoms with E-state index in [1.54, 1.807) is 18.0 Å². The van der Waals surface area contributed by atoms with Crippen molar-refractivity contribution in [3.8, 4) is 22.9 Å². The van der Waals surface area contributed by atoms with Gasteiger partial charge in [0.05, 0.1) is 19.8 Å². The maximum absolute atomic E-state index is 12.7. The number of hydrogen-bond donors (Lipinski definition) is 0. The lowest BCUT2D eigenvalue weighted by molar-refractivity contribution is 0.0769. The highest BCUT2D eigenvalue weighted by Crippen LogP contribution is 2.22. The molecule has 0 bridgehead atoms. The number of rotatable bonds is 8. The van der Waals surface area contributed by atoms with Crippen molar-refractivity contribution in [1.82, 2.24) is 15.0 Å². The van der Waals surface area contributed by atoms with Gasteiger partial charge in [-0.3, -0.25) is 4.79 Å². The van der Waals surface area contributed by atoms with E-state index in [0.717, 1.165) is 22.6 Å². The average molecular weight is 395 g/mol. The largest absolute Gasteiger partial charge is 0.494 e.